The lowest BCUT2D eigenvalue weighted by Crippen LogP contribution is -2.48. The number of anilines is 1. The summed E-state index contributed by atoms with van der Waals surface area (Å²) in [6, 6.07) is 20.3. The Hall–Kier alpha value is -5.18. The van der Waals surface area contributed by atoms with Crippen molar-refractivity contribution in [3.05, 3.63) is 94.1 Å². The maximum absolute atomic E-state index is 14.3. The molecule has 1 aliphatic carbocycles. The van der Waals surface area contributed by atoms with E-state index in [1.54, 1.807) is 34.8 Å². The molecule has 6 heterocycles. The molecular weight excluding hydrogens is 783 g/mol. The van der Waals surface area contributed by atoms with Gasteiger partial charge in [-0.15, -0.1) is 32.9 Å². The van der Waals surface area contributed by atoms with Crippen molar-refractivity contribution in [2.75, 3.05) is 24.5 Å². The molecule has 2 aliphatic heterocycles. The average molecular weight is 832 g/mol. The first-order valence-corrected chi connectivity index (χ1v) is 22.2. The van der Waals surface area contributed by atoms with E-state index in [1.165, 1.54) is 9.78 Å². The summed E-state index contributed by atoms with van der Waals surface area (Å²) in [6.07, 6.45) is 3.75. The normalized spacial score (nSPS) is 20.3. The third-order valence-electron chi connectivity index (χ3n) is 12.8. The summed E-state index contributed by atoms with van der Waals surface area (Å²) >= 11 is 3.38. The largest absolute Gasteiger partial charge is 0.507 e. The summed E-state index contributed by atoms with van der Waals surface area (Å²) in [5, 5.41) is 37.5. The number of thiophene rings is 1. The third kappa shape index (κ3) is 7.62. The fourth-order valence-corrected chi connectivity index (χ4v) is 11.3. The average Bonchev–Trinajstić information content (AvgIpc) is 4.04. The molecule has 3 fully saturated rings. The highest BCUT2D eigenvalue weighted by Gasteiger charge is 2.48. The Labute approximate surface area is 351 Å². The van der Waals surface area contributed by atoms with Crippen LogP contribution in [0.5, 0.6) is 5.75 Å². The second-order valence-electron chi connectivity index (χ2n) is 17.1. The van der Waals surface area contributed by atoms with Crippen LogP contribution >= 0.6 is 22.7 Å². The zero-order chi connectivity index (χ0) is 41.0. The number of fused-ring (bicyclic) bond motifs is 1. The van der Waals surface area contributed by atoms with Gasteiger partial charge in [0.1, 0.15) is 23.2 Å². The lowest BCUT2D eigenvalue weighted by Gasteiger charge is -2.52. The molecule has 59 heavy (non-hydrogen) atoms. The molecule has 1 saturated carbocycles. The fourth-order valence-electron chi connectivity index (χ4n) is 9.38. The Morgan fingerprint density at radius 3 is 2.47 bits per heavy atom. The Morgan fingerprint density at radius 1 is 1.00 bits per heavy atom. The first kappa shape index (κ1) is 39.3. The van der Waals surface area contributed by atoms with Crippen molar-refractivity contribution in [2.24, 2.45) is 11.3 Å². The van der Waals surface area contributed by atoms with Gasteiger partial charge in [-0.2, -0.15) is 0 Å². The number of hydrogen-bond donors (Lipinski definition) is 3. The van der Waals surface area contributed by atoms with Gasteiger partial charge >= 0.3 is 0 Å². The lowest BCUT2D eigenvalue weighted by molar-refractivity contribution is -0.141. The van der Waals surface area contributed by atoms with Gasteiger partial charge in [0.15, 0.2) is 11.6 Å². The Balaban J connectivity index is 0.813. The number of carbonyl (C=O) groups is 2. The van der Waals surface area contributed by atoms with E-state index in [1.807, 2.05) is 81.7 Å². The summed E-state index contributed by atoms with van der Waals surface area (Å²) in [5.74, 6) is 0.598. The maximum Gasteiger partial charge on any atom is 0.243 e. The number of para-hydroxylation sites is 1. The number of β-amino-alcohol motifs (C(OH)–C–C–N with tert-alkyl or cyclic N) is 1. The number of hydrogen-bond acceptors (Lipinski definition) is 12. The van der Waals surface area contributed by atoms with Crippen LogP contribution in [-0.4, -0.2) is 79.0 Å². The standard InChI is InChI=1S/C45H49N7O5S2/c1-25(2)41(44(56)52-23-31(53)17-35(52)43(55)47-26(3)28-9-11-29(12-10-28)42-27(4)46-24-58-42)37-20-40(50-57-37)51-15-13-45(14-16-51)21-30(22-45)38-19-34-39(59-38)18-33(48-49-34)32-7-5-6-8-36(32)54/h5-12,18-20,24-26,30-31,35,41,53-54H,13-17,21-23H2,1-4H3,(H,47,55)/t26-,31+,35-,41?/m0/s1. The van der Waals surface area contributed by atoms with Gasteiger partial charge in [-0.25, -0.2) is 4.98 Å². The minimum Gasteiger partial charge on any atom is -0.507 e. The molecule has 3 N–H and O–H groups in total. The van der Waals surface area contributed by atoms with Gasteiger partial charge in [0.25, 0.3) is 0 Å². The minimum atomic E-state index is -0.799. The number of likely N-dealkylation sites (tertiary alicyclic amines) is 1. The highest BCUT2D eigenvalue weighted by molar-refractivity contribution is 7.19. The van der Waals surface area contributed by atoms with Crippen molar-refractivity contribution in [3.8, 4) is 27.4 Å². The number of carbonyl (C=O) groups excluding carboxylic acids is 2. The van der Waals surface area contributed by atoms with Gasteiger partial charge in [-0.1, -0.05) is 55.4 Å². The number of thiazole rings is 1. The van der Waals surface area contributed by atoms with Crippen molar-refractivity contribution in [3.63, 3.8) is 0 Å². The minimum absolute atomic E-state index is 0.0851. The van der Waals surface area contributed by atoms with E-state index in [0.29, 0.717) is 28.4 Å². The summed E-state index contributed by atoms with van der Waals surface area (Å²) in [7, 11) is 0. The number of aromatic nitrogens is 4. The number of benzene rings is 2. The number of aromatic hydroxyl groups is 1. The summed E-state index contributed by atoms with van der Waals surface area (Å²) < 4.78 is 7.00. The first-order valence-electron chi connectivity index (χ1n) is 20.5. The molecule has 3 aliphatic rings. The number of amides is 2. The molecule has 2 amide bonds. The fraction of sp³-hybridized carbons (Fsp3) is 0.422. The second kappa shape index (κ2) is 15.8. The van der Waals surface area contributed by atoms with Crippen LogP contribution in [0.25, 0.3) is 31.9 Å². The molecule has 0 radical (unpaired) electrons. The number of aliphatic hydroxyl groups excluding tert-OH is 1. The highest BCUT2D eigenvalue weighted by atomic mass is 32.1. The number of nitrogens with zero attached hydrogens (tertiary/aromatic N) is 6. The third-order valence-corrected chi connectivity index (χ3v) is 15.0. The smallest absolute Gasteiger partial charge is 0.243 e. The van der Waals surface area contributed by atoms with Crippen molar-refractivity contribution >= 4 is 50.5 Å². The number of nitrogens with one attached hydrogen (secondary N) is 1. The first-order chi connectivity index (χ1) is 28.4. The van der Waals surface area contributed by atoms with E-state index in [-0.39, 0.29) is 42.5 Å². The molecule has 2 aromatic carbocycles. The molecule has 0 bridgehead atoms. The SMILES string of the molecule is Cc1ncsc1-c1ccc([C@H](C)NC(=O)[C@@H]2C[C@@H](O)CN2C(=O)C(c2cc(N3CCC4(CC3)CC(c3cc5nnc(-c6ccccc6O)cc5s3)C4)no2)C(C)C)cc1. The van der Waals surface area contributed by atoms with Gasteiger partial charge in [0, 0.05) is 42.6 Å². The van der Waals surface area contributed by atoms with Gasteiger partial charge in [0.2, 0.25) is 11.8 Å². The second-order valence-corrected chi connectivity index (χ2v) is 19.0. The van der Waals surface area contributed by atoms with E-state index in [4.69, 9.17) is 4.52 Å². The van der Waals surface area contributed by atoms with Crippen LogP contribution in [0.15, 0.2) is 76.8 Å². The number of aliphatic hydroxyl groups is 1. The molecular formula is C45H49N7O5S2. The summed E-state index contributed by atoms with van der Waals surface area (Å²) in [4.78, 5) is 38.7. The Morgan fingerprint density at radius 2 is 1.76 bits per heavy atom. The van der Waals surface area contributed by atoms with E-state index in [2.05, 4.69) is 36.6 Å². The highest BCUT2D eigenvalue weighted by Crippen LogP contribution is 2.58. The number of phenolic OH excluding ortho intramolecular Hbond substituents is 1. The van der Waals surface area contributed by atoms with E-state index >= 15 is 0 Å². The Bertz CT molecular complexity index is 2480. The van der Waals surface area contributed by atoms with Crippen LogP contribution in [-0.2, 0) is 9.59 Å². The maximum atomic E-state index is 14.3. The number of rotatable bonds is 10. The molecule has 4 atom stereocenters. The van der Waals surface area contributed by atoms with Gasteiger partial charge in [-0.05, 0) is 92.2 Å². The zero-order valence-corrected chi connectivity index (χ0v) is 35.3. The molecule has 4 aromatic heterocycles. The predicted octanol–water partition coefficient (Wildman–Crippen LogP) is 8.23. The topological polar surface area (TPSA) is 158 Å². The molecule has 9 rings (SSSR count). The van der Waals surface area contributed by atoms with Crippen LogP contribution in [0.4, 0.5) is 5.82 Å². The van der Waals surface area contributed by atoms with E-state index in [0.717, 1.165) is 76.5 Å². The van der Waals surface area contributed by atoms with Crippen LogP contribution in [0.1, 0.15) is 92.6 Å². The van der Waals surface area contributed by atoms with Crippen LogP contribution in [0, 0.1) is 18.3 Å². The molecule has 6 aromatic rings. The van der Waals surface area contributed by atoms with E-state index < -0.39 is 18.1 Å². The number of piperidine rings is 1. The molecule has 1 spiro atoms. The molecule has 14 heteroatoms. The summed E-state index contributed by atoms with van der Waals surface area (Å²) in [5.41, 5.74) is 7.40. The van der Waals surface area contributed by atoms with Crippen LogP contribution in [0.3, 0.4) is 0 Å². The van der Waals surface area contributed by atoms with Crippen molar-refractivity contribution in [1.29, 1.82) is 0 Å². The van der Waals surface area contributed by atoms with Gasteiger partial charge < -0.3 is 29.9 Å². The lowest BCUT2D eigenvalue weighted by atomic mass is 9.57. The summed E-state index contributed by atoms with van der Waals surface area (Å²) in [6.45, 7) is 9.66. The number of aryl methyl sites for hydroxylation is 1. The van der Waals surface area contributed by atoms with Crippen molar-refractivity contribution < 1.29 is 24.3 Å². The molecule has 2 saturated heterocycles. The Kier molecular flexibility index (Phi) is 10.5. The molecule has 12 nitrogen and oxygen atoms in total. The van der Waals surface area contributed by atoms with Crippen molar-refractivity contribution in [1.82, 2.24) is 30.6 Å². The quantitative estimate of drug-likeness (QED) is 0.123. The monoisotopic (exact) mass is 831 g/mol. The van der Waals surface area contributed by atoms with E-state index in [9.17, 15) is 19.8 Å². The van der Waals surface area contributed by atoms with Crippen molar-refractivity contribution in [2.45, 2.75) is 89.8 Å². The van der Waals surface area contributed by atoms with Gasteiger partial charge in [-0.3, -0.25) is 9.59 Å². The zero-order valence-electron chi connectivity index (χ0n) is 33.7. The van der Waals surface area contributed by atoms with Gasteiger partial charge in [0.05, 0.1) is 38.6 Å². The van der Waals surface area contributed by atoms with Crippen LogP contribution in [0.2, 0.25) is 0 Å². The number of phenols is 1. The molecule has 306 valence electrons. The predicted molar refractivity (Wildman–Crippen MR) is 229 cm³/mol. The van der Waals surface area contributed by atoms with Crippen LogP contribution < -0.4 is 10.2 Å². The molecule has 1 unspecified atom stereocenters.